The second-order valence-corrected chi connectivity index (χ2v) is 5.91. The van der Waals surface area contributed by atoms with Crippen LogP contribution < -0.4 is 0 Å². The molecule has 3 rings (SSSR count). The summed E-state index contributed by atoms with van der Waals surface area (Å²) in [4.78, 5) is 27.9. The van der Waals surface area contributed by atoms with Gasteiger partial charge >= 0.3 is 0 Å². The molecule has 0 aliphatic carbocycles. The van der Waals surface area contributed by atoms with E-state index in [1.807, 2.05) is 13.0 Å². The first-order valence-corrected chi connectivity index (χ1v) is 8.11. The van der Waals surface area contributed by atoms with Crippen molar-refractivity contribution in [3.63, 3.8) is 0 Å². The molecule has 2 heterocycles. The van der Waals surface area contributed by atoms with Crippen LogP contribution in [-0.4, -0.2) is 47.8 Å². The first kappa shape index (κ1) is 17.0. The highest BCUT2D eigenvalue weighted by Crippen LogP contribution is 2.12. The SMILES string of the molecule is Cc1ccc(/C=C/C(=O)N2CCN(C(=O)c3cccc(F)c3)CC2)o1. The number of piperazine rings is 1. The molecule has 130 valence electrons. The number of carbonyl (C=O) groups is 2. The van der Waals surface area contributed by atoms with Crippen LogP contribution in [0.25, 0.3) is 6.08 Å². The summed E-state index contributed by atoms with van der Waals surface area (Å²) in [5.74, 6) is 0.653. The Labute approximate surface area is 145 Å². The average Bonchev–Trinajstić information content (AvgIpc) is 3.04. The van der Waals surface area contributed by atoms with Crippen LogP contribution >= 0.6 is 0 Å². The molecule has 2 aromatic rings. The van der Waals surface area contributed by atoms with E-state index in [1.54, 1.807) is 28.0 Å². The lowest BCUT2D eigenvalue weighted by Crippen LogP contribution is -2.50. The van der Waals surface area contributed by atoms with E-state index in [4.69, 9.17) is 4.42 Å². The molecule has 1 fully saturated rings. The fraction of sp³-hybridized carbons (Fsp3) is 0.263. The predicted molar refractivity (Wildman–Crippen MR) is 91.4 cm³/mol. The first-order valence-electron chi connectivity index (χ1n) is 8.11. The van der Waals surface area contributed by atoms with Crippen LogP contribution in [-0.2, 0) is 4.79 Å². The quantitative estimate of drug-likeness (QED) is 0.806. The fourth-order valence-electron chi connectivity index (χ4n) is 2.74. The van der Waals surface area contributed by atoms with Crippen molar-refractivity contribution in [3.05, 3.63) is 65.4 Å². The van der Waals surface area contributed by atoms with Gasteiger partial charge in [-0.05, 0) is 43.3 Å². The number of halogens is 1. The van der Waals surface area contributed by atoms with Gasteiger partial charge in [0.25, 0.3) is 5.91 Å². The van der Waals surface area contributed by atoms with Crippen molar-refractivity contribution in [1.82, 2.24) is 9.80 Å². The summed E-state index contributed by atoms with van der Waals surface area (Å²) in [6.07, 6.45) is 3.11. The number of hydrogen-bond donors (Lipinski definition) is 0. The van der Waals surface area contributed by atoms with Gasteiger partial charge in [-0.25, -0.2) is 4.39 Å². The van der Waals surface area contributed by atoms with E-state index >= 15 is 0 Å². The predicted octanol–water partition coefficient (Wildman–Crippen LogP) is 2.72. The van der Waals surface area contributed by atoms with E-state index in [9.17, 15) is 14.0 Å². The molecule has 0 bridgehead atoms. The molecule has 1 aliphatic heterocycles. The maximum Gasteiger partial charge on any atom is 0.254 e. The van der Waals surface area contributed by atoms with E-state index in [0.29, 0.717) is 37.5 Å². The Morgan fingerprint density at radius 3 is 2.44 bits per heavy atom. The number of nitrogens with zero attached hydrogens (tertiary/aromatic N) is 2. The number of amides is 2. The van der Waals surface area contributed by atoms with E-state index in [-0.39, 0.29) is 11.8 Å². The third kappa shape index (κ3) is 4.15. The number of furan rings is 1. The van der Waals surface area contributed by atoms with E-state index < -0.39 is 5.82 Å². The van der Waals surface area contributed by atoms with Gasteiger partial charge in [-0.1, -0.05) is 6.07 Å². The molecule has 0 radical (unpaired) electrons. The molecule has 0 N–H and O–H groups in total. The summed E-state index contributed by atoms with van der Waals surface area (Å²) in [6.45, 7) is 3.58. The zero-order valence-corrected chi connectivity index (χ0v) is 13.9. The molecule has 1 aromatic heterocycles. The van der Waals surface area contributed by atoms with Crippen LogP contribution in [0.15, 0.2) is 46.9 Å². The highest BCUT2D eigenvalue weighted by Gasteiger charge is 2.24. The van der Waals surface area contributed by atoms with Crippen molar-refractivity contribution in [2.45, 2.75) is 6.92 Å². The molecule has 0 unspecified atom stereocenters. The first-order chi connectivity index (χ1) is 12.0. The van der Waals surface area contributed by atoms with E-state index in [2.05, 4.69) is 0 Å². The van der Waals surface area contributed by atoms with E-state index in [1.165, 1.54) is 24.3 Å². The molecule has 5 nitrogen and oxygen atoms in total. The molecular formula is C19H19FN2O3. The lowest BCUT2D eigenvalue weighted by molar-refractivity contribution is -0.127. The van der Waals surface area contributed by atoms with Crippen LogP contribution in [0, 0.1) is 12.7 Å². The molecular weight excluding hydrogens is 323 g/mol. The second kappa shape index (κ2) is 7.34. The Bertz CT molecular complexity index is 805. The fourth-order valence-corrected chi connectivity index (χ4v) is 2.74. The van der Waals surface area contributed by atoms with Crippen LogP contribution in [0.2, 0.25) is 0 Å². The number of hydrogen-bond acceptors (Lipinski definition) is 3. The Hall–Kier alpha value is -2.89. The van der Waals surface area contributed by atoms with Gasteiger partial charge in [0.1, 0.15) is 17.3 Å². The summed E-state index contributed by atoms with van der Waals surface area (Å²) in [7, 11) is 0. The largest absolute Gasteiger partial charge is 0.462 e. The molecule has 1 aromatic carbocycles. The molecule has 6 heteroatoms. The summed E-state index contributed by atoms with van der Waals surface area (Å²) >= 11 is 0. The van der Waals surface area contributed by atoms with Gasteiger partial charge in [-0.2, -0.15) is 0 Å². The number of aryl methyl sites for hydroxylation is 1. The molecule has 0 saturated carbocycles. The lowest BCUT2D eigenvalue weighted by Gasteiger charge is -2.34. The standard InChI is InChI=1S/C19H19FN2O3/c1-14-5-6-17(25-14)7-8-18(23)21-9-11-22(12-10-21)19(24)15-3-2-4-16(20)13-15/h2-8,13H,9-12H2,1H3/b8-7+. The lowest BCUT2D eigenvalue weighted by atomic mass is 10.1. The van der Waals surface area contributed by atoms with E-state index in [0.717, 1.165) is 5.76 Å². The molecule has 1 saturated heterocycles. The number of rotatable bonds is 3. The monoisotopic (exact) mass is 342 g/mol. The van der Waals surface area contributed by atoms with Crippen molar-refractivity contribution in [3.8, 4) is 0 Å². The third-order valence-corrected chi connectivity index (χ3v) is 4.10. The molecule has 1 aliphatic rings. The molecule has 0 spiro atoms. The maximum atomic E-state index is 13.2. The molecule has 2 amide bonds. The van der Waals surface area contributed by atoms with Crippen LogP contribution in [0.3, 0.4) is 0 Å². The Balaban J connectivity index is 1.55. The second-order valence-electron chi connectivity index (χ2n) is 5.91. The Kier molecular flexibility index (Phi) is 4.97. The average molecular weight is 342 g/mol. The van der Waals surface area contributed by atoms with Crippen molar-refractivity contribution < 1.29 is 18.4 Å². The van der Waals surface area contributed by atoms with Gasteiger partial charge < -0.3 is 14.2 Å². The minimum atomic E-state index is -0.432. The smallest absolute Gasteiger partial charge is 0.254 e. The zero-order chi connectivity index (χ0) is 17.8. The van der Waals surface area contributed by atoms with Crippen LogP contribution in [0.1, 0.15) is 21.9 Å². The normalized spacial score (nSPS) is 15.0. The maximum absolute atomic E-state index is 13.2. The zero-order valence-electron chi connectivity index (χ0n) is 13.9. The molecule has 25 heavy (non-hydrogen) atoms. The van der Waals surface area contributed by atoms with Crippen molar-refractivity contribution in [1.29, 1.82) is 0 Å². The molecule has 0 atom stereocenters. The van der Waals surface area contributed by atoms with Gasteiger partial charge in [0.05, 0.1) is 0 Å². The Morgan fingerprint density at radius 2 is 1.80 bits per heavy atom. The summed E-state index contributed by atoms with van der Waals surface area (Å²) in [6, 6.07) is 9.28. The van der Waals surface area contributed by atoms with Gasteiger partial charge in [-0.3, -0.25) is 9.59 Å². The van der Waals surface area contributed by atoms with Crippen LogP contribution in [0.5, 0.6) is 0 Å². The minimum Gasteiger partial charge on any atom is -0.462 e. The van der Waals surface area contributed by atoms with Crippen LogP contribution in [0.4, 0.5) is 4.39 Å². The third-order valence-electron chi connectivity index (χ3n) is 4.10. The highest BCUT2D eigenvalue weighted by molar-refractivity contribution is 5.95. The summed E-state index contributed by atoms with van der Waals surface area (Å²) < 4.78 is 18.6. The summed E-state index contributed by atoms with van der Waals surface area (Å²) in [5.41, 5.74) is 0.327. The number of benzene rings is 1. The number of carbonyl (C=O) groups excluding carboxylic acids is 2. The van der Waals surface area contributed by atoms with Gasteiger partial charge in [0.15, 0.2) is 0 Å². The van der Waals surface area contributed by atoms with Gasteiger partial charge in [-0.15, -0.1) is 0 Å². The topological polar surface area (TPSA) is 53.8 Å². The summed E-state index contributed by atoms with van der Waals surface area (Å²) in [5, 5.41) is 0. The minimum absolute atomic E-state index is 0.119. The highest BCUT2D eigenvalue weighted by atomic mass is 19.1. The Morgan fingerprint density at radius 1 is 1.08 bits per heavy atom. The van der Waals surface area contributed by atoms with Gasteiger partial charge in [0.2, 0.25) is 5.91 Å². The van der Waals surface area contributed by atoms with Crippen molar-refractivity contribution in [2.75, 3.05) is 26.2 Å². The van der Waals surface area contributed by atoms with Crippen molar-refractivity contribution in [2.24, 2.45) is 0 Å². The van der Waals surface area contributed by atoms with Gasteiger partial charge in [0, 0.05) is 37.8 Å². The van der Waals surface area contributed by atoms with Crippen molar-refractivity contribution >= 4 is 17.9 Å².